The van der Waals surface area contributed by atoms with Crippen molar-refractivity contribution in [1.82, 2.24) is 0 Å². The van der Waals surface area contributed by atoms with E-state index in [-0.39, 0.29) is 18.7 Å². The highest BCUT2D eigenvalue weighted by molar-refractivity contribution is 5.75. The Kier molecular flexibility index (Phi) is 4.86. The summed E-state index contributed by atoms with van der Waals surface area (Å²) in [5.41, 5.74) is 0.624. The van der Waals surface area contributed by atoms with Gasteiger partial charge in [0.15, 0.2) is 0 Å². The monoisotopic (exact) mass is 332 g/mol. The highest BCUT2D eigenvalue weighted by Gasteiger charge is 2.41. The summed E-state index contributed by atoms with van der Waals surface area (Å²) in [4.78, 5) is 12.1. The first-order valence-electron chi connectivity index (χ1n) is 9.00. The maximum absolute atomic E-state index is 12.1. The van der Waals surface area contributed by atoms with Gasteiger partial charge in [-0.3, -0.25) is 4.79 Å². The molecule has 1 spiro atoms. The first-order chi connectivity index (χ1) is 11.4. The van der Waals surface area contributed by atoms with Gasteiger partial charge in [0.1, 0.15) is 18.5 Å². The molecule has 1 unspecified atom stereocenters. The van der Waals surface area contributed by atoms with E-state index in [1.165, 1.54) is 6.42 Å². The second-order valence-electron chi connectivity index (χ2n) is 7.97. The van der Waals surface area contributed by atoms with Gasteiger partial charge in [-0.05, 0) is 45.2 Å². The summed E-state index contributed by atoms with van der Waals surface area (Å²) in [7, 11) is 0. The van der Waals surface area contributed by atoms with Crippen molar-refractivity contribution in [3.05, 3.63) is 29.8 Å². The van der Waals surface area contributed by atoms with Crippen LogP contribution in [0.1, 0.15) is 58.4 Å². The maximum Gasteiger partial charge on any atom is 0.311 e. The minimum absolute atomic E-state index is 0.168. The number of rotatable bonds is 2. The number of esters is 1. The molecule has 4 heteroatoms. The fraction of sp³-hybridized carbons (Fsp3) is 0.650. The highest BCUT2D eigenvalue weighted by atomic mass is 16.7. The van der Waals surface area contributed by atoms with Gasteiger partial charge >= 0.3 is 5.97 Å². The number of carbonyl (C=O) groups excluding carboxylic acids is 1. The standard InChI is InChI=1S/C20H28O4/c1-19(2,3)18(21)22-14-16-13-15-9-5-6-10-17(15)24-20(23-16)11-7-4-8-12-20/h5-6,9-10,16H,4,7-8,11-14H2,1-3H3. The summed E-state index contributed by atoms with van der Waals surface area (Å²) in [5, 5.41) is 0. The summed E-state index contributed by atoms with van der Waals surface area (Å²) in [6, 6.07) is 8.09. The zero-order valence-corrected chi connectivity index (χ0v) is 15.0. The van der Waals surface area contributed by atoms with Crippen LogP contribution in [0.4, 0.5) is 0 Å². The van der Waals surface area contributed by atoms with Crippen LogP contribution in [-0.2, 0) is 20.7 Å². The molecule has 132 valence electrons. The summed E-state index contributed by atoms with van der Waals surface area (Å²) >= 11 is 0. The second kappa shape index (κ2) is 6.75. The average molecular weight is 332 g/mol. The number of fused-ring (bicyclic) bond motifs is 1. The van der Waals surface area contributed by atoms with Gasteiger partial charge in [-0.2, -0.15) is 0 Å². The van der Waals surface area contributed by atoms with Gasteiger partial charge in [0.05, 0.1) is 5.41 Å². The molecule has 2 aliphatic rings. The van der Waals surface area contributed by atoms with Gasteiger partial charge in [-0.15, -0.1) is 0 Å². The van der Waals surface area contributed by atoms with Crippen molar-refractivity contribution in [3.63, 3.8) is 0 Å². The minimum atomic E-state index is -0.566. The van der Waals surface area contributed by atoms with Crippen LogP contribution in [0.2, 0.25) is 0 Å². The van der Waals surface area contributed by atoms with Crippen LogP contribution >= 0.6 is 0 Å². The fourth-order valence-electron chi connectivity index (χ4n) is 3.38. The minimum Gasteiger partial charge on any atom is -0.463 e. The number of hydrogen-bond donors (Lipinski definition) is 0. The molecule has 0 amide bonds. The Morgan fingerprint density at radius 3 is 2.62 bits per heavy atom. The Bertz CT molecular complexity index is 582. The smallest absolute Gasteiger partial charge is 0.311 e. The van der Waals surface area contributed by atoms with E-state index in [1.807, 2.05) is 39.0 Å². The molecule has 1 atom stereocenters. The Labute approximate surface area is 144 Å². The van der Waals surface area contributed by atoms with Gasteiger partial charge in [-0.25, -0.2) is 0 Å². The molecule has 1 aromatic carbocycles. The van der Waals surface area contributed by atoms with Gasteiger partial charge < -0.3 is 14.2 Å². The molecule has 0 bridgehead atoms. The molecule has 1 aromatic rings. The number of hydrogen-bond acceptors (Lipinski definition) is 4. The number of carbonyl (C=O) groups is 1. The van der Waals surface area contributed by atoms with Crippen molar-refractivity contribution < 1.29 is 19.0 Å². The number of benzene rings is 1. The van der Waals surface area contributed by atoms with E-state index < -0.39 is 11.2 Å². The number of ether oxygens (including phenoxy) is 3. The topological polar surface area (TPSA) is 44.8 Å². The lowest BCUT2D eigenvalue weighted by Crippen LogP contribution is -2.44. The van der Waals surface area contributed by atoms with Gasteiger partial charge in [0.25, 0.3) is 0 Å². The predicted molar refractivity (Wildman–Crippen MR) is 91.9 cm³/mol. The van der Waals surface area contributed by atoms with Crippen LogP contribution in [0.3, 0.4) is 0 Å². The Morgan fingerprint density at radius 2 is 1.92 bits per heavy atom. The third-order valence-corrected chi connectivity index (χ3v) is 4.73. The fourth-order valence-corrected chi connectivity index (χ4v) is 3.38. The van der Waals surface area contributed by atoms with Gasteiger partial charge in [0.2, 0.25) is 5.79 Å². The molecule has 0 N–H and O–H groups in total. The molecule has 1 fully saturated rings. The molecule has 1 saturated carbocycles. The van der Waals surface area contributed by atoms with Crippen LogP contribution in [0.25, 0.3) is 0 Å². The van der Waals surface area contributed by atoms with Crippen molar-refractivity contribution >= 4 is 5.97 Å². The number of para-hydroxylation sites is 1. The molecule has 1 heterocycles. The normalized spacial score (nSPS) is 23.0. The lowest BCUT2D eigenvalue weighted by atomic mass is 9.94. The Morgan fingerprint density at radius 1 is 1.21 bits per heavy atom. The quantitative estimate of drug-likeness (QED) is 0.759. The lowest BCUT2D eigenvalue weighted by Gasteiger charge is -2.38. The predicted octanol–water partition coefficient (Wildman–Crippen LogP) is 4.26. The lowest BCUT2D eigenvalue weighted by molar-refractivity contribution is -0.230. The summed E-state index contributed by atoms with van der Waals surface area (Å²) in [5.74, 6) is 0.148. The maximum atomic E-state index is 12.1. The van der Waals surface area contributed by atoms with Crippen LogP contribution in [0, 0.1) is 5.41 Å². The molecule has 0 saturated heterocycles. The molecule has 0 radical (unpaired) electrons. The summed E-state index contributed by atoms with van der Waals surface area (Å²) in [6.45, 7) is 5.87. The zero-order chi connectivity index (χ0) is 17.2. The zero-order valence-electron chi connectivity index (χ0n) is 15.0. The van der Waals surface area contributed by atoms with Crippen molar-refractivity contribution in [3.8, 4) is 5.75 Å². The highest BCUT2D eigenvalue weighted by Crippen LogP contribution is 2.39. The van der Waals surface area contributed by atoms with E-state index in [9.17, 15) is 4.79 Å². The molecular weight excluding hydrogens is 304 g/mol. The molecule has 1 aliphatic heterocycles. The summed E-state index contributed by atoms with van der Waals surface area (Å²) < 4.78 is 18.2. The SMILES string of the molecule is CC(C)(C)C(=O)OCC1Cc2ccccc2OC2(CCCCC2)O1. The molecular formula is C20H28O4. The van der Waals surface area contributed by atoms with Gasteiger partial charge in [0, 0.05) is 19.3 Å². The third-order valence-electron chi connectivity index (χ3n) is 4.73. The van der Waals surface area contributed by atoms with Crippen LogP contribution in [0.15, 0.2) is 24.3 Å². The average Bonchev–Trinajstić information content (AvgIpc) is 2.68. The van der Waals surface area contributed by atoms with Crippen molar-refractivity contribution in [2.24, 2.45) is 5.41 Å². The Balaban J connectivity index is 1.77. The van der Waals surface area contributed by atoms with Crippen molar-refractivity contribution in [1.29, 1.82) is 0 Å². The third kappa shape index (κ3) is 3.92. The van der Waals surface area contributed by atoms with E-state index in [2.05, 4.69) is 6.07 Å². The molecule has 24 heavy (non-hydrogen) atoms. The largest absolute Gasteiger partial charge is 0.463 e. The van der Waals surface area contributed by atoms with E-state index >= 15 is 0 Å². The van der Waals surface area contributed by atoms with E-state index in [0.29, 0.717) is 6.42 Å². The van der Waals surface area contributed by atoms with Gasteiger partial charge in [-0.1, -0.05) is 24.6 Å². The molecule has 1 aliphatic carbocycles. The first kappa shape index (κ1) is 17.3. The van der Waals surface area contributed by atoms with Crippen molar-refractivity contribution in [2.75, 3.05) is 6.61 Å². The Hall–Kier alpha value is -1.55. The summed E-state index contributed by atoms with van der Waals surface area (Å²) in [6.07, 6.45) is 5.76. The first-order valence-corrected chi connectivity index (χ1v) is 9.00. The van der Waals surface area contributed by atoms with Crippen LogP contribution < -0.4 is 4.74 Å². The van der Waals surface area contributed by atoms with E-state index in [0.717, 1.165) is 37.0 Å². The van der Waals surface area contributed by atoms with Crippen LogP contribution in [0.5, 0.6) is 5.75 Å². The molecule has 0 aromatic heterocycles. The van der Waals surface area contributed by atoms with Crippen LogP contribution in [-0.4, -0.2) is 24.5 Å². The molecule has 3 rings (SSSR count). The molecule has 4 nitrogen and oxygen atoms in total. The second-order valence-corrected chi connectivity index (χ2v) is 7.97. The van der Waals surface area contributed by atoms with Crippen molar-refractivity contribution in [2.45, 2.75) is 71.2 Å². The van der Waals surface area contributed by atoms with E-state index in [1.54, 1.807) is 0 Å². The van der Waals surface area contributed by atoms with E-state index in [4.69, 9.17) is 14.2 Å².